The van der Waals surface area contributed by atoms with E-state index in [1.54, 1.807) is 18.2 Å². The maximum absolute atomic E-state index is 12.7. The smallest absolute Gasteiger partial charge is 0.341 e. The summed E-state index contributed by atoms with van der Waals surface area (Å²) in [6.45, 7) is 3.85. The molecule has 0 radical (unpaired) electrons. The Labute approximate surface area is 178 Å². The largest absolute Gasteiger partial charge is 0.433 e. The first-order valence-electron chi connectivity index (χ1n) is 9.87. The molecule has 0 amide bonds. The van der Waals surface area contributed by atoms with E-state index < -0.39 is 21.9 Å². The SMILES string of the molecule is O=S1(=O)N=C(CN2CCCN(Cc3ccc(C(F)(F)F)nc3)CC2)Nc2ccccc21. The van der Waals surface area contributed by atoms with Crippen molar-refractivity contribution in [3.05, 3.63) is 53.9 Å². The fraction of sp³-hybridized carbons (Fsp3) is 0.400. The molecule has 0 unspecified atom stereocenters. The quantitative estimate of drug-likeness (QED) is 0.767. The number of fused-ring (bicyclic) bond motifs is 1. The van der Waals surface area contributed by atoms with Gasteiger partial charge in [-0.25, -0.2) is 0 Å². The molecule has 1 aromatic carbocycles. The number of pyridine rings is 1. The maximum atomic E-state index is 12.7. The van der Waals surface area contributed by atoms with Gasteiger partial charge in [-0.2, -0.15) is 21.6 Å². The molecule has 0 atom stereocenters. The molecule has 0 saturated carbocycles. The molecule has 1 N–H and O–H groups in total. The Balaban J connectivity index is 1.35. The van der Waals surface area contributed by atoms with Crippen LogP contribution in [0.3, 0.4) is 0 Å². The number of nitrogens with zero attached hydrogens (tertiary/aromatic N) is 4. The van der Waals surface area contributed by atoms with Gasteiger partial charge in [0.05, 0.1) is 12.2 Å². The molecule has 31 heavy (non-hydrogen) atoms. The Kier molecular flexibility index (Phi) is 6.00. The van der Waals surface area contributed by atoms with Crippen LogP contribution < -0.4 is 5.32 Å². The van der Waals surface area contributed by atoms with Crippen LogP contribution in [0, 0.1) is 0 Å². The van der Waals surface area contributed by atoms with Crippen LogP contribution in [0.5, 0.6) is 0 Å². The first-order valence-corrected chi connectivity index (χ1v) is 11.3. The zero-order valence-electron chi connectivity index (χ0n) is 16.6. The minimum Gasteiger partial charge on any atom is -0.341 e. The van der Waals surface area contributed by atoms with Gasteiger partial charge in [-0.3, -0.25) is 14.8 Å². The van der Waals surface area contributed by atoms with Crippen molar-refractivity contribution in [2.45, 2.75) is 24.0 Å². The van der Waals surface area contributed by atoms with Crippen molar-refractivity contribution in [3.8, 4) is 0 Å². The highest BCUT2D eigenvalue weighted by Gasteiger charge is 2.32. The van der Waals surface area contributed by atoms with Crippen molar-refractivity contribution >= 4 is 21.5 Å². The number of hydrogen-bond donors (Lipinski definition) is 1. The fourth-order valence-corrected chi connectivity index (χ4v) is 4.87. The highest BCUT2D eigenvalue weighted by molar-refractivity contribution is 7.90. The molecule has 3 heterocycles. The lowest BCUT2D eigenvalue weighted by Crippen LogP contribution is -2.38. The second-order valence-electron chi connectivity index (χ2n) is 7.59. The Morgan fingerprint density at radius 2 is 1.68 bits per heavy atom. The van der Waals surface area contributed by atoms with Gasteiger partial charge in [0.25, 0.3) is 10.0 Å². The second kappa shape index (κ2) is 8.56. The van der Waals surface area contributed by atoms with Crippen LogP contribution in [0.2, 0.25) is 0 Å². The van der Waals surface area contributed by atoms with Gasteiger partial charge in [0.1, 0.15) is 16.4 Å². The molecule has 166 valence electrons. The van der Waals surface area contributed by atoms with E-state index in [9.17, 15) is 21.6 Å². The van der Waals surface area contributed by atoms with Crippen molar-refractivity contribution in [1.82, 2.24) is 14.8 Å². The minimum absolute atomic E-state index is 0.172. The van der Waals surface area contributed by atoms with E-state index in [1.165, 1.54) is 18.3 Å². The summed E-state index contributed by atoms with van der Waals surface area (Å²) in [5.74, 6) is 0.388. The normalized spacial score (nSPS) is 19.8. The summed E-state index contributed by atoms with van der Waals surface area (Å²) in [4.78, 5) is 7.98. The second-order valence-corrected chi connectivity index (χ2v) is 9.16. The summed E-state index contributed by atoms with van der Waals surface area (Å²) in [5.41, 5.74) is 0.358. The fourth-order valence-electron chi connectivity index (χ4n) is 3.73. The average molecular weight is 453 g/mol. The number of benzene rings is 1. The van der Waals surface area contributed by atoms with E-state index in [0.717, 1.165) is 31.1 Å². The van der Waals surface area contributed by atoms with Gasteiger partial charge in [-0.1, -0.05) is 18.2 Å². The molecule has 2 aromatic rings. The molecule has 2 aliphatic rings. The van der Waals surface area contributed by atoms with Gasteiger partial charge in [0.2, 0.25) is 0 Å². The number of rotatable bonds is 4. The molecule has 11 heteroatoms. The first kappa shape index (κ1) is 21.7. The predicted molar refractivity (Wildman–Crippen MR) is 110 cm³/mol. The van der Waals surface area contributed by atoms with Gasteiger partial charge in [0, 0.05) is 25.8 Å². The lowest BCUT2D eigenvalue weighted by molar-refractivity contribution is -0.141. The van der Waals surface area contributed by atoms with E-state index in [1.807, 2.05) is 0 Å². The molecule has 0 aliphatic carbocycles. The molecule has 7 nitrogen and oxygen atoms in total. The van der Waals surface area contributed by atoms with Crippen LogP contribution in [0.4, 0.5) is 18.9 Å². The molecule has 4 rings (SSSR count). The van der Waals surface area contributed by atoms with E-state index in [-0.39, 0.29) is 4.90 Å². The van der Waals surface area contributed by atoms with Crippen LogP contribution >= 0.6 is 0 Å². The summed E-state index contributed by atoms with van der Waals surface area (Å²) < 4.78 is 66.7. The monoisotopic (exact) mass is 453 g/mol. The van der Waals surface area contributed by atoms with Crippen LogP contribution in [0.1, 0.15) is 17.7 Å². The maximum Gasteiger partial charge on any atom is 0.433 e. The lowest BCUT2D eigenvalue weighted by Gasteiger charge is -2.24. The number of hydrogen-bond acceptors (Lipinski definition) is 6. The van der Waals surface area contributed by atoms with Crippen molar-refractivity contribution in [3.63, 3.8) is 0 Å². The standard InChI is InChI=1S/C20H22F3N5O2S/c21-20(22,23)18-7-6-15(12-24-18)13-27-8-3-9-28(11-10-27)14-19-25-16-4-1-2-5-17(16)31(29,30)26-19/h1-2,4-7,12H,3,8-11,13-14H2,(H,25,26). The van der Waals surface area contributed by atoms with Crippen molar-refractivity contribution < 1.29 is 21.6 Å². The van der Waals surface area contributed by atoms with Gasteiger partial charge >= 0.3 is 6.18 Å². The molecular formula is C20H22F3N5O2S. The number of nitrogens with one attached hydrogen (secondary N) is 1. The van der Waals surface area contributed by atoms with E-state index in [2.05, 4.69) is 24.5 Å². The summed E-state index contributed by atoms with van der Waals surface area (Å²) in [6.07, 6.45) is -2.31. The van der Waals surface area contributed by atoms with Crippen molar-refractivity contribution in [2.75, 3.05) is 38.0 Å². The van der Waals surface area contributed by atoms with Gasteiger partial charge < -0.3 is 5.32 Å². The predicted octanol–water partition coefficient (Wildman–Crippen LogP) is 2.82. The molecular weight excluding hydrogens is 431 g/mol. The number of halogens is 3. The average Bonchev–Trinajstić information content (AvgIpc) is 2.92. The number of para-hydroxylation sites is 1. The Morgan fingerprint density at radius 3 is 2.35 bits per heavy atom. The third kappa shape index (κ3) is 5.23. The van der Waals surface area contributed by atoms with Gasteiger partial charge in [-0.15, -0.1) is 4.40 Å². The summed E-state index contributed by atoms with van der Waals surface area (Å²) in [7, 11) is -3.72. The number of anilines is 1. The number of alkyl halides is 3. The van der Waals surface area contributed by atoms with E-state index in [0.29, 0.717) is 37.7 Å². The third-order valence-corrected chi connectivity index (χ3v) is 6.62. The van der Waals surface area contributed by atoms with E-state index in [4.69, 9.17) is 0 Å². The zero-order chi connectivity index (χ0) is 22.1. The minimum atomic E-state index is -4.44. The van der Waals surface area contributed by atoms with Gasteiger partial charge in [0.15, 0.2) is 0 Å². The molecule has 2 aliphatic heterocycles. The topological polar surface area (TPSA) is 77.9 Å². The van der Waals surface area contributed by atoms with E-state index >= 15 is 0 Å². The summed E-state index contributed by atoms with van der Waals surface area (Å²) in [6, 6.07) is 9.13. The van der Waals surface area contributed by atoms with Crippen LogP contribution in [0.25, 0.3) is 0 Å². The highest BCUT2D eigenvalue weighted by Crippen LogP contribution is 2.28. The number of sulfonamides is 1. The summed E-state index contributed by atoms with van der Waals surface area (Å²) in [5, 5.41) is 3.10. The van der Waals surface area contributed by atoms with Crippen LogP contribution in [0.15, 0.2) is 51.9 Å². The lowest BCUT2D eigenvalue weighted by atomic mass is 10.2. The highest BCUT2D eigenvalue weighted by atomic mass is 32.2. The molecule has 0 spiro atoms. The van der Waals surface area contributed by atoms with Crippen LogP contribution in [-0.2, 0) is 22.7 Å². The molecule has 1 aromatic heterocycles. The first-order chi connectivity index (χ1) is 14.7. The molecule has 1 fully saturated rings. The van der Waals surface area contributed by atoms with Crippen molar-refractivity contribution in [2.24, 2.45) is 4.40 Å². The zero-order valence-corrected chi connectivity index (χ0v) is 17.5. The summed E-state index contributed by atoms with van der Waals surface area (Å²) >= 11 is 0. The van der Waals surface area contributed by atoms with Crippen molar-refractivity contribution in [1.29, 1.82) is 0 Å². The number of aromatic nitrogens is 1. The third-order valence-electron chi connectivity index (χ3n) is 5.25. The Hall–Kier alpha value is -2.50. The Morgan fingerprint density at radius 1 is 0.968 bits per heavy atom. The van der Waals surface area contributed by atoms with Gasteiger partial charge in [-0.05, 0) is 43.3 Å². The molecule has 0 bridgehead atoms. The molecule has 1 saturated heterocycles. The van der Waals surface area contributed by atoms with Crippen LogP contribution in [-0.4, -0.2) is 61.8 Å². The Bertz CT molecular complexity index is 1070. The number of amidine groups is 1.